The number of aryl methyl sites for hydroxylation is 1. The maximum Gasteiger partial charge on any atom is 0.194 e. The minimum Gasteiger partial charge on any atom is -0.350 e. The minimum absolute atomic E-state index is 0. The number of thiazole rings is 1. The molecule has 0 radical (unpaired) electrons. The lowest BCUT2D eigenvalue weighted by atomic mass is 10.3. The SMILES string of the molecule is CCc1cnc(CNC(=NC)N2CCN(Cc3ccc(Cl)s3)CC2)s1.I. The number of hydrogen-bond acceptors (Lipinski definition) is 5. The molecule has 2 aromatic rings. The van der Waals surface area contributed by atoms with Gasteiger partial charge in [0.05, 0.1) is 10.9 Å². The average molecular weight is 526 g/mol. The quantitative estimate of drug-likeness (QED) is 0.365. The van der Waals surface area contributed by atoms with Crippen molar-refractivity contribution in [1.82, 2.24) is 20.1 Å². The van der Waals surface area contributed by atoms with E-state index >= 15 is 0 Å². The number of thiophene rings is 1. The number of halogens is 2. The predicted octanol–water partition coefficient (Wildman–Crippen LogP) is 3.93. The summed E-state index contributed by atoms with van der Waals surface area (Å²) in [4.78, 5) is 16.4. The number of rotatable bonds is 5. The molecule has 0 bridgehead atoms. The normalized spacial score (nSPS) is 15.8. The van der Waals surface area contributed by atoms with Gasteiger partial charge in [-0.2, -0.15) is 0 Å². The third kappa shape index (κ3) is 6.05. The number of nitrogens with zero attached hydrogens (tertiary/aromatic N) is 4. The van der Waals surface area contributed by atoms with Crippen molar-refractivity contribution in [3.05, 3.63) is 37.4 Å². The van der Waals surface area contributed by atoms with Gasteiger partial charge in [0, 0.05) is 55.7 Å². The highest BCUT2D eigenvalue weighted by molar-refractivity contribution is 14.0. The van der Waals surface area contributed by atoms with Crippen molar-refractivity contribution in [1.29, 1.82) is 0 Å². The Morgan fingerprint density at radius 1 is 1.23 bits per heavy atom. The van der Waals surface area contributed by atoms with E-state index in [0.29, 0.717) is 0 Å². The molecule has 5 nitrogen and oxygen atoms in total. The molecule has 3 rings (SSSR count). The molecule has 9 heteroatoms. The molecule has 144 valence electrons. The zero-order valence-corrected chi connectivity index (χ0v) is 19.8. The summed E-state index contributed by atoms with van der Waals surface area (Å²) in [6.07, 6.45) is 3.02. The van der Waals surface area contributed by atoms with Crippen LogP contribution in [0.25, 0.3) is 0 Å². The first kappa shape index (κ1) is 21.9. The fourth-order valence-electron chi connectivity index (χ4n) is 2.86. The van der Waals surface area contributed by atoms with Gasteiger partial charge in [-0.3, -0.25) is 9.89 Å². The van der Waals surface area contributed by atoms with Gasteiger partial charge in [-0.05, 0) is 18.6 Å². The lowest BCUT2D eigenvalue weighted by Crippen LogP contribution is -2.51. The molecule has 2 aromatic heterocycles. The number of nitrogens with one attached hydrogen (secondary N) is 1. The third-order valence-corrected chi connectivity index (χ3v) is 6.60. The summed E-state index contributed by atoms with van der Waals surface area (Å²) in [5.41, 5.74) is 0. The van der Waals surface area contributed by atoms with Gasteiger partial charge in [0.15, 0.2) is 5.96 Å². The van der Waals surface area contributed by atoms with Crippen molar-refractivity contribution in [2.45, 2.75) is 26.4 Å². The van der Waals surface area contributed by atoms with Crippen LogP contribution in [0.2, 0.25) is 4.34 Å². The van der Waals surface area contributed by atoms with E-state index in [9.17, 15) is 0 Å². The van der Waals surface area contributed by atoms with Crippen LogP contribution in [0.3, 0.4) is 0 Å². The second-order valence-electron chi connectivity index (χ2n) is 5.94. The van der Waals surface area contributed by atoms with E-state index in [4.69, 9.17) is 11.6 Å². The standard InChI is InChI=1S/C17H24ClN5S2.HI/c1-3-13-10-20-16(25-13)11-21-17(19-2)23-8-6-22(7-9-23)12-14-4-5-15(18)24-14;/h4-5,10H,3,6-9,11-12H2,1-2H3,(H,19,21);1H. The number of guanidine groups is 1. The van der Waals surface area contributed by atoms with Crippen LogP contribution < -0.4 is 5.32 Å². The van der Waals surface area contributed by atoms with Crippen LogP contribution in [-0.4, -0.2) is 54.0 Å². The maximum absolute atomic E-state index is 6.02. The van der Waals surface area contributed by atoms with E-state index in [1.165, 1.54) is 9.75 Å². The minimum atomic E-state index is 0. The highest BCUT2D eigenvalue weighted by Gasteiger charge is 2.20. The van der Waals surface area contributed by atoms with E-state index < -0.39 is 0 Å². The Labute approximate surface area is 185 Å². The molecule has 26 heavy (non-hydrogen) atoms. The molecule has 0 aliphatic carbocycles. The Morgan fingerprint density at radius 2 is 2.00 bits per heavy atom. The van der Waals surface area contributed by atoms with Crippen molar-refractivity contribution in [2.24, 2.45) is 4.99 Å². The molecule has 0 amide bonds. The van der Waals surface area contributed by atoms with Crippen molar-refractivity contribution >= 4 is 64.2 Å². The number of piperazine rings is 1. The Morgan fingerprint density at radius 3 is 2.58 bits per heavy atom. The predicted molar refractivity (Wildman–Crippen MR) is 123 cm³/mol. The molecule has 0 aromatic carbocycles. The van der Waals surface area contributed by atoms with Crippen LogP contribution in [0.5, 0.6) is 0 Å². The summed E-state index contributed by atoms with van der Waals surface area (Å²) in [6.45, 7) is 7.92. The molecule has 1 aliphatic heterocycles. The first-order chi connectivity index (χ1) is 12.2. The van der Waals surface area contributed by atoms with Gasteiger partial charge in [-0.25, -0.2) is 4.98 Å². The summed E-state index contributed by atoms with van der Waals surface area (Å²) >= 11 is 9.46. The molecule has 0 saturated carbocycles. The molecule has 0 spiro atoms. The van der Waals surface area contributed by atoms with E-state index in [0.717, 1.165) is 61.0 Å². The number of hydrogen-bond donors (Lipinski definition) is 1. The monoisotopic (exact) mass is 525 g/mol. The van der Waals surface area contributed by atoms with Crippen molar-refractivity contribution in [3.63, 3.8) is 0 Å². The molecule has 1 aliphatic rings. The molecule has 1 saturated heterocycles. The number of aromatic nitrogens is 1. The molecule has 1 N–H and O–H groups in total. The van der Waals surface area contributed by atoms with Crippen LogP contribution in [-0.2, 0) is 19.5 Å². The third-order valence-electron chi connectivity index (χ3n) is 4.24. The second-order valence-corrected chi connectivity index (χ2v) is 8.94. The van der Waals surface area contributed by atoms with Crippen molar-refractivity contribution in [3.8, 4) is 0 Å². The Balaban J connectivity index is 0.00000243. The van der Waals surface area contributed by atoms with Crippen molar-refractivity contribution < 1.29 is 0 Å². The van der Waals surface area contributed by atoms with Gasteiger partial charge < -0.3 is 10.2 Å². The van der Waals surface area contributed by atoms with Crippen LogP contribution in [0.1, 0.15) is 21.7 Å². The molecule has 3 heterocycles. The Kier molecular flexibility index (Phi) is 9.08. The van der Waals surface area contributed by atoms with Gasteiger partial charge in [-0.15, -0.1) is 46.7 Å². The molecule has 1 fully saturated rings. The summed E-state index contributed by atoms with van der Waals surface area (Å²) in [7, 11) is 1.85. The molecular weight excluding hydrogens is 501 g/mol. The Hall–Kier alpha value is -0.420. The van der Waals surface area contributed by atoms with Crippen molar-refractivity contribution in [2.75, 3.05) is 33.2 Å². The summed E-state index contributed by atoms with van der Waals surface area (Å²) < 4.78 is 0.867. The van der Waals surface area contributed by atoms with E-state index in [1.807, 2.05) is 19.3 Å². The van der Waals surface area contributed by atoms with Crippen LogP contribution in [0, 0.1) is 0 Å². The highest BCUT2D eigenvalue weighted by Crippen LogP contribution is 2.23. The van der Waals surface area contributed by atoms with Gasteiger partial charge in [0.2, 0.25) is 0 Å². The fraction of sp³-hybridized carbons (Fsp3) is 0.529. The van der Waals surface area contributed by atoms with Gasteiger partial charge >= 0.3 is 0 Å². The molecular formula is C17H25ClIN5S2. The largest absolute Gasteiger partial charge is 0.350 e. The Bertz CT molecular complexity index is 710. The zero-order chi connectivity index (χ0) is 17.6. The lowest BCUT2D eigenvalue weighted by molar-refractivity contribution is 0.173. The van der Waals surface area contributed by atoms with E-state index in [2.05, 4.69) is 38.1 Å². The smallest absolute Gasteiger partial charge is 0.194 e. The summed E-state index contributed by atoms with van der Waals surface area (Å²) in [5.74, 6) is 0.965. The first-order valence-electron chi connectivity index (χ1n) is 8.53. The van der Waals surface area contributed by atoms with E-state index in [1.54, 1.807) is 22.7 Å². The number of aliphatic imine (C=N–C) groups is 1. The van der Waals surface area contributed by atoms with Crippen LogP contribution in [0.15, 0.2) is 23.3 Å². The fourth-order valence-corrected chi connectivity index (χ4v) is 4.79. The topological polar surface area (TPSA) is 43.8 Å². The van der Waals surface area contributed by atoms with Gasteiger partial charge in [0.1, 0.15) is 5.01 Å². The van der Waals surface area contributed by atoms with Crippen LogP contribution in [0.4, 0.5) is 0 Å². The van der Waals surface area contributed by atoms with Crippen LogP contribution >= 0.6 is 58.3 Å². The molecule has 0 atom stereocenters. The van der Waals surface area contributed by atoms with Gasteiger partial charge in [0.25, 0.3) is 0 Å². The van der Waals surface area contributed by atoms with Gasteiger partial charge in [-0.1, -0.05) is 18.5 Å². The second kappa shape index (κ2) is 10.8. The first-order valence-corrected chi connectivity index (χ1v) is 10.5. The lowest BCUT2D eigenvalue weighted by Gasteiger charge is -2.36. The maximum atomic E-state index is 6.02. The summed E-state index contributed by atoms with van der Waals surface area (Å²) in [5, 5.41) is 4.57. The average Bonchev–Trinajstić information content (AvgIpc) is 3.25. The zero-order valence-electron chi connectivity index (χ0n) is 15.1. The molecule has 0 unspecified atom stereocenters. The van der Waals surface area contributed by atoms with E-state index in [-0.39, 0.29) is 24.0 Å². The highest BCUT2D eigenvalue weighted by atomic mass is 127. The summed E-state index contributed by atoms with van der Waals surface area (Å²) in [6, 6.07) is 4.10.